The van der Waals surface area contributed by atoms with Crippen LogP contribution in [0.15, 0.2) is 24.3 Å². The summed E-state index contributed by atoms with van der Waals surface area (Å²) in [7, 11) is 3.49. The van der Waals surface area contributed by atoms with Gasteiger partial charge in [-0.1, -0.05) is 6.07 Å². The molecule has 0 aliphatic heterocycles. The molecule has 1 aliphatic carbocycles. The van der Waals surface area contributed by atoms with Crippen molar-refractivity contribution in [1.82, 2.24) is 0 Å². The van der Waals surface area contributed by atoms with E-state index in [0.717, 1.165) is 31.4 Å². The third-order valence-corrected chi connectivity index (χ3v) is 3.96. The van der Waals surface area contributed by atoms with Gasteiger partial charge < -0.3 is 15.4 Å². The highest BCUT2D eigenvalue weighted by Crippen LogP contribution is 2.26. The predicted molar refractivity (Wildman–Crippen MR) is 76.4 cm³/mol. The molecular formula is C15H22N2O2. The Morgan fingerprint density at radius 2 is 2.00 bits per heavy atom. The Labute approximate surface area is 114 Å². The summed E-state index contributed by atoms with van der Waals surface area (Å²) in [6.45, 7) is 0. The molecule has 4 heteroatoms. The fourth-order valence-electron chi connectivity index (χ4n) is 2.67. The van der Waals surface area contributed by atoms with E-state index < -0.39 is 0 Å². The van der Waals surface area contributed by atoms with E-state index in [0.29, 0.717) is 17.6 Å². The van der Waals surface area contributed by atoms with Crippen LogP contribution in [0.3, 0.4) is 0 Å². The molecule has 0 spiro atoms. The van der Waals surface area contributed by atoms with Crippen LogP contribution in [0.2, 0.25) is 0 Å². The van der Waals surface area contributed by atoms with Gasteiger partial charge in [0.15, 0.2) is 0 Å². The fourth-order valence-corrected chi connectivity index (χ4v) is 2.67. The minimum Gasteiger partial charge on any atom is -0.465 e. The number of hydrogen-bond acceptors (Lipinski definition) is 4. The van der Waals surface area contributed by atoms with Crippen molar-refractivity contribution in [2.75, 3.05) is 19.1 Å². The van der Waals surface area contributed by atoms with Crippen LogP contribution < -0.4 is 10.6 Å². The van der Waals surface area contributed by atoms with Gasteiger partial charge in [0.1, 0.15) is 0 Å². The lowest BCUT2D eigenvalue weighted by Gasteiger charge is -2.35. The Hall–Kier alpha value is -1.55. The first-order chi connectivity index (χ1) is 9.11. The first kappa shape index (κ1) is 13.9. The molecule has 0 radical (unpaired) electrons. The van der Waals surface area contributed by atoms with Crippen molar-refractivity contribution in [3.8, 4) is 0 Å². The molecule has 0 saturated heterocycles. The fraction of sp³-hybridized carbons (Fsp3) is 0.533. The summed E-state index contributed by atoms with van der Waals surface area (Å²) in [5, 5.41) is 0. The lowest BCUT2D eigenvalue weighted by Crippen LogP contribution is -2.38. The van der Waals surface area contributed by atoms with Crippen LogP contribution >= 0.6 is 0 Å². The Morgan fingerprint density at radius 3 is 2.63 bits per heavy atom. The lowest BCUT2D eigenvalue weighted by atomic mass is 9.90. The van der Waals surface area contributed by atoms with Gasteiger partial charge in [-0.05, 0) is 43.9 Å². The monoisotopic (exact) mass is 262 g/mol. The van der Waals surface area contributed by atoms with Gasteiger partial charge in [-0.3, -0.25) is 0 Å². The molecule has 0 atom stereocenters. The molecule has 1 saturated carbocycles. The standard InChI is InChI=1S/C15H22N2O2/c1-17(13-8-6-12(16)7-9-13)14-5-3-4-11(10-14)15(18)19-2/h3-5,10,12-13H,6-9,16H2,1-2H3. The summed E-state index contributed by atoms with van der Waals surface area (Å²) in [6, 6.07) is 8.45. The van der Waals surface area contributed by atoms with E-state index in [1.165, 1.54) is 7.11 Å². The van der Waals surface area contributed by atoms with Crippen LogP contribution in [0.5, 0.6) is 0 Å². The summed E-state index contributed by atoms with van der Waals surface area (Å²) < 4.78 is 4.76. The van der Waals surface area contributed by atoms with Gasteiger partial charge in [0, 0.05) is 24.8 Å². The van der Waals surface area contributed by atoms with E-state index >= 15 is 0 Å². The maximum atomic E-state index is 11.6. The number of nitrogens with zero attached hydrogens (tertiary/aromatic N) is 1. The second kappa shape index (κ2) is 6.06. The molecule has 0 unspecified atom stereocenters. The summed E-state index contributed by atoms with van der Waals surface area (Å²) >= 11 is 0. The number of hydrogen-bond donors (Lipinski definition) is 1. The zero-order valence-electron chi connectivity index (χ0n) is 11.6. The minimum absolute atomic E-state index is 0.291. The molecule has 2 rings (SSSR count). The number of nitrogens with two attached hydrogens (primary N) is 1. The second-order valence-corrected chi connectivity index (χ2v) is 5.22. The van der Waals surface area contributed by atoms with Crippen LogP contribution in [-0.2, 0) is 4.74 Å². The number of ether oxygens (including phenoxy) is 1. The molecule has 1 aliphatic rings. The molecule has 0 amide bonds. The molecular weight excluding hydrogens is 240 g/mol. The summed E-state index contributed by atoms with van der Waals surface area (Å²) in [5.74, 6) is -0.291. The highest BCUT2D eigenvalue weighted by molar-refractivity contribution is 5.90. The van der Waals surface area contributed by atoms with Gasteiger partial charge >= 0.3 is 5.97 Å². The molecule has 19 heavy (non-hydrogen) atoms. The summed E-state index contributed by atoms with van der Waals surface area (Å²) in [5.41, 5.74) is 7.59. The quantitative estimate of drug-likeness (QED) is 0.848. The summed E-state index contributed by atoms with van der Waals surface area (Å²) in [6.07, 6.45) is 4.37. The van der Waals surface area contributed by atoms with Crippen molar-refractivity contribution in [1.29, 1.82) is 0 Å². The van der Waals surface area contributed by atoms with Gasteiger partial charge in [0.05, 0.1) is 12.7 Å². The molecule has 1 fully saturated rings. The van der Waals surface area contributed by atoms with Crippen molar-refractivity contribution in [3.05, 3.63) is 29.8 Å². The van der Waals surface area contributed by atoms with Gasteiger partial charge in [-0.25, -0.2) is 4.79 Å². The van der Waals surface area contributed by atoms with Crippen LogP contribution in [-0.4, -0.2) is 32.2 Å². The van der Waals surface area contributed by atoms with E-state index in [1.54, 1.807) is 6.07 Å². The van der Waals surface area contributed by atoms with Crippen LogP contribution in [0.4, 0.5) is 5.69 Å². The van der Waals surface area contributed by atoms with E-state index in [1.807, 2.05) is 18.2 Å². The predicted octanol–water partition coefficient (Wildman–Crippen LogP) is 2.18. The minimum atomic E-state index is -0.291. The van der Waals surface area contributed by atoms with Crippen molar-refractivity contribution in [2.45, 2.75) is 37.8 Å². The Morgan fingerprint density at radius 1 is 1.32 bits per heavy atom. The van der Waals surface area contributed by atoms with Crippen LogP contribution in [0.25, 0.3) is 0 Å². The molecule has 0 heterocycles. The van der Waals surface area contributed by atoms with Crippen molar-refractivity contribution < 1.29 is 9.53 Å². The van der Waals surface area contributed by atoms with Crippen molar-refractivity contribution in [3.63, 3.8) is 0 Å². The Bertz CT molecular complexity index is 440. The van der Waals surface area contributed by atoms with Gasteiger partial charge in [0.25, 0.3) is 0 Å². The molecule has 1 aromatic carbocycles. The molecule has 1 aromatic rings. The normalized spacial score (nSPS) is 22.9. The number of benzene rings is 1. The van der Waals surface area contributed by atoms with E-state index in [2.05, 4.69) is 11.9 Å². The lowest BCUT2D eigenvalue weighted by molar-refractivity contribution is 0.0601. The molecule has 104 valence electrons. The highest BCUT2D eigenvalue weighted by Gasteiger charge is 2.22. The Kier molecular flexibility index (Phi) is 4.43. The largest absolute Gasteiger partial charge is 0.465 e. The third kappa shape index (κ3) is 3.26. The zero-order chi connectivity index (χ0) is 13.8. The maximum Gasteiger partial charge on any atom is 0.337 e. The molecule has 4 nitrogen and oxygen atoms in total. The van der Waals surface area contributed by atoms with E-state index in [-0.39, 0.29) is 5.97 Å². The number of rotatable bonds is 3. The maximum absolute atomic E-state index is 11.6. The average molecular weight is 262 g/mol. The van der Waals surface area contributed by atoms with Gasteiger partial charge in [-0.15, -0.1) is 0 Å². The first-order valence-electron chi connectivity index (χ1n) is 6.78. The number of methoxy groups -OCH3 is 1. The second-order valence-electron chi connectivity index (χ2n) is 5.22. The smallest absolute Gasteiger partial charge is 0.337 e. The van der Waals surface area contributed by atoms with Crippen molar-refractivity contribution in [2.24, 2.45) is 5.73 Å². The number of esters is 1. The summed E-state index contributed by atoms with van der Waals surface area (Å²) in [4.78, 5) is 13.8. The number of anilines is 1. The average Bonchev–Trinajstić information content (AvgIpc) is 2.46. The van der Waals surface area contributed by atoms with Crippen LogP contribution in [0, 0.1) is 0 Å². The van der Waals surface area contributed by atoms with Crippen LogP contribution in [0.1, 0.15) is 36.0 Å². The molecule has 2 N–H and O–H groups in total. The number of carbonyl (C=O) groups is 1. The highest BCUT2D eigenvalue weighted by atomic mass is 16.5. The third-order valence-electron chi connectivity index (χ3n) is 3.96. The number of carbonyl (C=O) groups excluding carboxylic acids is 1. The van der Waals surface area contributed by atoms with Gasteiger partial charge in [-0.2, -0.15) is 0 Å². The topological polar surface area (TPSA) is 55.6 Å². The van der Waals surface area contributed by atoms with Gasteiger partial charge in [0.2, 0.25) is 0 Å². The molecule has 0 aromatic heterocycles. The van der Waals surface area contributed by atoms with E-state index in [9.17, 15) is 4.79 Å². The first-order valence-corrected chi connectivity index (χ1v) is 6.78. The zero-order valence-corrected chi connectivity index (χ0v) is 11.6. The SMILES string of the molecule is COC(=O)c1cccc(N(C)C2CCC(N)CC2)c1. The molecule has 0 bridgehead atoms. The van der Waals surface area contributed by atoms with Crippen molar-refractivity contribution >= 4 is 11.7 Å². The van der Waals surface area contributed by atoms with E-state index in [4.69, 9.17) is 10.5 Å². The Balaban J connectivity index is 2.10.